The standard InChI is InChI=1S/C15H18ClN3O/c16-13-4-1-3-11(7-13)15-12(8-17-18-15)9-19-6-2-5-14(20)10-19/h1,3-4,7-8,14,20H,2,5-6,9-10H2,(H,17,18). The van der Waals surface area contributed by atoms with Crippen LogP contribution in [0.15, 0.2) is 30.5 Å². The molecule has 1 aliphatic rings. The maximum absolute atomic E-state index is 9.75. The van der Waals surface area contributed by atoms with Gasteiger partial charge >= 0.3 is 0 Å². The third kappa shape index (κ3) is 3.03. The highest BCUT2D eigenvalue weighted by molar-refractivity contribution is 6.30. The molecule has 1 fully saturated rings. The monoisotopic (exact) mass is 291 g/mol. The molecule has 0 aliphatic carbocycles. The van der Waals surface area contributed by atoms with E-state index in [1.165, 1.54) is 0 Å². The van der Waals surface area contributed by atoms with Crippen molar-refractivity contribution in [3.8, 4) is 11.3 Å². The van der Waals surface area contributed by atoms with E-state index in [1.807, 2.05) is 30.5 Å². The largest absolute Gasteiger partial charge is 0.392 e. The fourth-order valence-electron chi connectivity index (χ4n) is 2.74. The molecular formula is C15H18ClN3O. The quantitative estimate of drug-likeness (QED) is 0.914. The van der Waals surface area contributed by atoms with Crippen LogP contribution >= 0.6 is 11.6 Å². The molecule has 1 unspecified atom stereocenters. The zero-order valence-corrected chi connectivity index (χ0v) is 12.0. The van der Waals surface area contributed by atoms with Gasteiger partial charge in [0.2, 0.25) is 0 Å². The van der Waals surface area contributed by atoms with Crippen molar-refractivity contribution in [1.29, 1.82) is 0 Å². The van der Waals surface area contributed by atoms with Gasteiger partial charge in [0.1, 0.15) is 0 Å². The van der Waals surface area contributed by atoms with Gasteiger partial charge in [0.05, 0.1) is 18.0 Å². The van der Waals surface area contributed by atoms with E-state index in [-0.39, 0.29) is 6.10 Å². The Balaban J connectivity index is 1.80. The number of β-amino-alcohol motifs (C(OH)–C–C–N with tert-alkyl or cyclic N) is 1. The number of hydrogen-bond donors (Lipinski definition) is 2. The minimum absolute atomic E-state index is 0.203. The second-order valence-electron chi connectivity index (χ2n) is 5.31. The van der Waals surface area contributed by atoms with Crippen molar-refractivity contribution in [2.45, 2.75) is 25.5 Å². The molecule has 3 rings (SSSR count). The summed E-state index contributed by atoms with van der Waals surface area (Å²) in [5.41, 5.74) is 3.19. The highest BCUT2D eigenvalue weighted by atomic mass is 35.5. The number of rotatable bonds is 3. The molecule has 2 heterocycles. The van der Waals surface area contributed by atoms with E-state index in [0.717, 1.165) is 54.3 Å². The smallest absolute Gasteiger partial charge is 0.0695 e. The summed E-state index contributed by atoms with van der Waals surface area (Å²) in [7, 11) is 0. The minimum atomic E-state index is -0.203. The van der Waals surface area contributed by atoms with Crippen LogP contribution in [0.3, 0.4) is 0 Å². The SMILES string of the molecule is OC1CCCN(Cc2cn[nH]c2-c2cccc(Cl)c2)C1. The van der Waals surface area contributed by atoms with E-state index in [4.69, 9.17) is 11.6 Å². The predicted molar refractivity (Wildman–Crippen MR) is 79.6 cm³/mol. The highest BCUT2D eigenvalue weighted by Crippen LogP contribution is 2.25. The van der Waals surface area contributed by atoms with Crippen molar-refractivity contribution in [2.75, 3.05) is 13.1 Å². The van der Waals surface area contributed by atoms with Crippen molar-refractivity contribution in [2.24, 2.45) is 0 Å². The first kappa shape index (κ1) is 13.6. The number of nitrogens with zero attached hydrogens (tertiary/aromatic N) is 2. The average molecular weight is 292 g/mol. The van der Waals surface area contributed by atoms with E-state index < -0.39 is 0 Å². The Morgan fingerprint density at radius 3 is 3.15 bits per heavy atom. The average Bonchev–Trinajstić information content (AvgIpc) is 2.87. The Kier molecular flexibility index (Phi) is 4.05. The number of hydrogen-bond acceptors (Lipinski definition) is 3. The van der Waals surface area contributed by atoms with Crippen LogP contribution in [0.25, 0.3) is 11.3 Å². The summed E-state index contributed by atoms with van der Waals surface area (Å²) in [5, 5.41) is 17.7. The number of aromatic amines is 1. The molecule has 1 saturated heterocycles. The van der Waals surface area contributed by atoms with E-state index >= 15 is 0 Å². The fourth-order valence-corrected chi connectivity index (χ4v) is 2.93. The molecule has 20 heavy (non-hydrogen) atoms. The highest BCUT2D eigenvalue weighted by Gasteiger charge is 2.19. The Bertz CT molecular complexity index is 584. The molecule has 2 aromatic rings. The number of aliphatic hydroxyl groups is 1. The van der Waals surface area contributed by atoms with Gasteiger partial charge < -0.3 is 5.11 Å². The number of nitrogens with one attached hydrogen (secondary N) is 1. The molecule has 0 amide bonds. The van der Waals surface area contributed by atoms with Gasteiger partial charge in [-0.15, -0.1) is 0 Å². The van der Waals surface area contributed by atoms with Gasteiger partial charge in [0.25, 0.3) is 0 Å². The summed E-state index contributed by atoms with van der Waals surface area (Å²) in [5.74, 6) is 0. The molecule has 1 atom stereocenters. The van der Waals surface area contributed by atoms with Crippen LogP contribution in [-0.4, -0.2) is 39.4 Å². The van der Waals surface area contributed by atoms with Crippen molar-refractivity contribution in [3.05, 3.63) is 41.0 Å². The van der Waals surface area contributed by atoms with Crippen LogP contribution in [0.1, 0.15) is 18.4 Å². The number of aliphatic hydroxyl groups excluding tert-OH is 1. The Morgan fingerprint density at radius 2 is 2.35 bits per heavy atom. The molecule has 0 spiro atoms. The molecular weight excluding hydrogens is 274 g/mol. The van der Waals surface area contributed by atoms with Crippen LogP contribution in [0.2, 0.25) is 5.02 Å². The topological polar surface area (TPSA) is 52.1 Å². The minimum Gasteiger partial charge on any atom is -0.392 e. The van der Waals surface area contributed by atoms with Gasteiger partial charge in [-0.2, -0.15) is 5.10 Å². The summed E-state index contributed by atoms with van der Waals surface area (Å²) >= 11 is 6.05. The van der Waals surface area contributed by atoms with Crippen LogP contribution < -0.4 is 0 Å². The molecule has 106 valence electrons. The number of aromatic nitrogens is 2. The molecule has 1 aliphatic heterocycles. The lowest BCUT2D eigenvalue weighted by Crippen LogP contribution is -2.37. The number of likely N-dealkylation sites (tertiary alicyclic amines) is 1. The van der Waals surface area contributed by atoms with E-state index in [0.29, 0.717) is 0 Å². The zero-order valence-electron chi connectivity index (χ0n) is 11.2. The molecule has 0 bridgehead atoms. The van der Waals surface area contributed by atoms with Gasteiger partial charge in [0, 0.05) is 29.2 Å². The number of benzene rings is 1. The lowest BCUT2D eigenvalue weighted by Gasteiger charge is -2.29. The molecule has 5 heteroatoms. The second-order valence-corrected chi connectivity index (χ2v) is 5.75. The summed E-state index contributed by atoms with van der Waals surface area (Å²) in [4.78, 5) is 2.27. The zero-order chi connectivity index (χ0) is 13.9. The fraction of sp³-hybridized carbons (Fsp3) is 0.400. The van der Waals surface area contributed by atoms with Gasteiger partial charge in [-0.1, -0.05) is 23.7 Å². The lowest BCUT2D eigenvalue weighted by atomic mass is 10.1. The lowest BCUT2D eigenvalue weighted by molar-refractivity contribution is 0.0669. The molecule has 0 saturated carbocycles. The second kappa shape index (κ2) is 5.95. The molecule has 0 radical (unpaired) electrons. The van der Waals surface area contributed by atoms with E-state index in [9.17, 15) is 5.11 Å². The maximum atomic E-state index is 9.75. The van der Waals surface area contributed by atoms with E-state index in [1.54, 1.807) is 0 Å². The van der Waals surface area contributed by atoms with Gasteiger partial charge in [-0.3, -0.25) is 10.00 Å². The molecule has 2 N–H and O–H groups in total. The molecule has 4 nitrogen and oxygen atoms in total. The van der Waals surface area contributed by atoms with Crippen LogP contribution in [0.5, 0.6) is 0 Å². The van der Waals surface area contributed by atoms with Gasteiger partial charge in [-0.05, 0) is 31.5 Å². The van der Waals surface area contributed by atoms with Crippen LogP contribution in [0.4, 0.5) is 0 Å². The summed E-state index contributed by atoms with van der Waals surface area (Å²) in [6, 6.07) is 7.76. The summed E-state index contributed by atoms with van der Waals surface area (Å²) in [6.07, 6.45) is 3.61. The van der Waals surface area contributed by atoms with Crippen molar-refractivity contribution >= 4 is 11.6 Å². The molecule has 1 aromatic heterocycles. The predicted octanol–water partition coefficient (Wildman–Crippen LogP) is 2.69. The maximum Gasteiger partial charge on any atom is 0.0695 e. The normalized spacial score (nSPS) is 20.2. The first-order valence-electron chi connectivity index (χ1n) is 6.91. The Hall–Kier alpha value is -1.36. The number of H-pyrrole nitrogens is 1. The number of halogens is 1. The van der Waals surface area contributed by atoms with Gasteiger partial charge in [0.15, 0.2) is 0 Å². The first-order valence-corrected chi connectivity index (χ1v) is 7.29. The Labute approximate surface area is 123 Å². The Morgan fingerprint density at radius 1 is 1.45 bits per heavy atom. The van der Waals surface area contributed by atoms with Crippen LogP contribution in [0, 0.1) is 0 Å². The van der Waals surface area contributed by atoms with Crippen molar-refractivity contribution in [3.63, 3.8) is 0 Å². The first-order chi connectivity index (χ1) is 9.72. The third-order valence-electron chi connectivity index (χ3n) is 3.71. The van der Waals surface area contributed by atoms with Crippen molar-refractivity contribution in [1.82, 2.24) is 15.1 Å². The molecule has 1 aromatic carbocycles. The summed E-state index contributed by atoms with van der Waals surface area (Å²) < 4.78 is 0. The number of piperidine rings is 1. The van der Waals surface area contributed by atoms with Crippen LogP contribution in [-0.2, 0) is 6.54 Å². The van der Waals surface area contributed by atoms with Crippen molar-refractivity contribution < 1.29 is 5.11 Å². The van der Waals surface area contributed by atoms with Gasteiger partial charge in [-0.25, -0.2) is 0 Å². The summed E-state index contributed by atoms with van der Waals surface area (Å²) in [6.45, 7) is 2.56. The third-order valence-corrected chi connectivity index (χ3v) is 3.94. The van der Waals surface area contributed by atoms with E-state index in [2.05, 4.69) is 15.1 Å².